The summed E-state index contributed by atoms with van der Waals surface area (Å²) in [6.45, 7) is 2.31. The van der Waals surface area contributed by atoms with E-state index in [2.05, 4.69) is 31.2 Å². The molecule has 0 nitrogen and oxygen atoms in total. The average molecular weight is 234 g/mol. The lowest BCUT2D eigenvalue weighted by molar-refractivity contribution is 0.552. The van der Waals surface area contributed by atoms with Gasteiger partial charge in [-0.1, -0.05) is 56.9 Å². The number of allylic oxidation sites excluding steroid dienone is 4. The maximum Gasteiger partial charge on any atom is -0.0262 e. The third-order valence-corrected chi connectivity index (χ3v) is 3.65. The van der Waals surface area contributed by atoms with Crippen molar-refractivity contribution in [2.75, 3.05) is 0 Å². The SMILES string of the molecule is C1=CCCCCCC1.CC1C=CCCCCC1. The summed E-state index contributed by atoms with van der Waals surface area (Å²) in [6, 6.07) is 0. The number of rotatable bonds is 0. The zero-order valence-corrected chi connectivity index (χ0v) is 11.7. The van der Waals surface area contributed by atoms with E-state index >= 15 is 0 Å². The first kappa shape index (κ1) is 14.5. The molecule has 1 unspecified atom stereocenters. The van der Waals surface area contributed by atoms with E-state index in [1.54, 1.807) is 0 Å². The van der Waals surface area contributed by atoms with E-state index < -0.39 is 0 Å². The Hall–Kier alpha value is -0.520. The van der Waals surface area contributed by atoms with Gasteiger partial charge in [-0.25, -0.2) is 0 Å². The van der Waals surface area contributed by atoms with Crippen molar-refractivity contribution in [1.29, 1.82) is 0 Å². The summed E-state index contributed by atoms with van der Waals surface area (Å²) in [5.74, 6) is 0.838. The molecule has 2 aliphatic carbocycles. The normalized spacial score (nSPS) is 25.8. The lowest BCUT2D eigenvalue weighted by atomic mass is 9.98. The molecule has 0 saturated heterocycles. The van der Waals surface area contributed by atoms with E-state index in [1.165, 1.54) is 70.6 Å². The standard InChI is InChI=1S/C9H16.C8H14/c1-9-7-5-3-2-4-6-8-9;1-2-4-6-8-7-5-3-1/h5,7,9H,2-4,6,8H2,1H3;1-2H,3-8H2. The average Bonchev–Trinajstić information content (AvgIpc) is 2.23. The lowest BCUT2D eigenvalue weighted by Crippen LogP contribution is -1.92. The van der Waals surface area contributed by atoms with Crippen LogP contribution in [0.3, 0.4) is 0 Å². The number of hydrogen-bond acceptors (Lipinski definition) is 0. The Labute approximate surface area is 108 Å². The molecular weight excluding hydrogens is 204 g/mol. The van der Waals surface area contributed by atoms with E-state index in [1.807, 2.05) is 0 Å². The fourth-order valence-corrected chi connectivity index (χ4v) is 2.44. The van der Waals surface area contributed by atoms with Crippen LogP contribution in [-0.2, 0) is 0 Å². The van der Waals surface area contributed by atoms with Gasteiger partial charge < -0.3 is 0 Å². The molecule has 0 radical (unpaired) electrons. The summed E-state index contributed by atoms with van der Waals surface area (Å²) < 4.78 is 0. The minimum atomic E-state index is 0.838. The van der Waals surface area contributed by atoms with Crippen molar-refractivity contribution >= 4 is 0 Å². The molecule has 2 rings (SSSR count). The molecule has 0 amide bonds. The van der Waals surface area contributed by atoms with E-state index in [4.69, 9.17) is 0 Å². The van der Waals surface area contributed by atoms with Gasteiger partial charge in [0.25, 0.3) is 0 Å². The van der Waals surface area contributed by atoms with Gasteiger partial charge in [-0.2, -0.15) is 0 Å². The predicted octanol–water partition coefficient (Wildman–Crippen LogP) is 6.04. The van der Waals surface area contributed by atoms with Crippen LogP contribution in [0.15, 0.2) is 24.3 Å². The van der Waals surface area contributed by atoms with E-state index in [9.17, 15) is 0 Å². The zero-order chi connectivity index (χ0) is 12.2. The van der Waals surface area contributed by atoms with Crippen molar-refractivity contribution in [2.45, 2.75) is 77.6 Å². The molecule has 0 heterocycles. The summed E-state index contributed by atoms with van der Waals surface area (Å²) in [6.07, 6.45) is 24.7. The summed E-state index contributed by atoms with van der Waals surface area (Å²) in [5.41, 5.74) is 0. The van der Waals surface area contributed by atoms with Crippen molar-refractivity contribution in [2.24, 2.45) is 5.92 Å². The molecule has 0 aliphatic heterocycles. The Bertz CT molecular complexity index is 202. The van der Waals surface area contributed by atoms with Crippen LogP contribution >= 0.6 is 0 Å². The Morgan fingerprint density at radius 2 is 1.18 bits per heavy atom. The highest BCUT2D eigenvalue weighted by molar-refractivity contribution is 4.87. The van der Waals surface area contributed by atoms with Crippen molar-refractivity contribution in [3.05, 3.63) is 24.3 Å². The fraction of sp³-hybridized carbons (Fsp3) is 0.765. The predicted molar refractivity (Wildman–Crippen MR) is 78.2 cm³/mol. The van der Waals surface area contributed by atoms with Gasteiger partial charge in [-0.05, 0) is 50.9 Å². The van der Waals surface area contributed by atoms with Crippen LogP contribution in [0.5, 0.6) is 0 Å². The number of hydrogen-bond donors (Lipinski definition) is 0. The van der Waals surface area contributed by atoms with Crippen LogP contribution in [0.2, 0.25) is 0 Å². The Morgan fingerprint density at radius 3 is 1.82 bits per heavy atom. The monoisotopic (exact) mass is 234 g/mol. The Kier molecular flexibility index (Phi) is 9.09. The van der Waals surface area contributed by atoms with Crippen LogP contribution in [0, 0.1) is 5.92 Å². The molecule has 0 saturated carbocycles. The Balaban J connectivity index is 0.000000171. The quantitative estimate of drug-likeness (QED) is 0.448. The topological polar surface area (TPSA) is 0 Å². The zero-order valence-electron chi connectivity index (χ0n) is 11.7. The molecule has 0 bridgehead atoms. The molecule has 0 spiro atoms. The van der Waals surface area contributed by atoms with Gasteiger partial charge in [0.15, 0.2) is 0 Å². The minimum Gasteiger partial charge on any atom is -0.0885 e. The second-order valence-corrected chi connectivity index (χ2v) is 5.51. The molecule has 0 heteroatoms. The van der Waals surface area contributed by atoms with Gasteiger partial charge >= 0.3 is 0 Å². The van der Waals surface area contributed by atoms with Crippen LogP contribution < -0.4 is 0 Å². The Morgan fingerprint density at radius 1 is 0.647 bits per heavy atom. The largest absolute Gasteiger partial charge is 0.0885 e. The van der Waals surface area contributed by atoms with Crippen LogP contribution in [0.4, 0.5) is 0 Å². The molecule has 0 aromatic carbocycles. The van der Waals surface area contributed by atoms with Gasteiger partial charge in [-0.15, -0.1) is 0 Å². The van der Waals surface area contributed by atoms with Crippen LogP contribution in [-0.4, -0.2) is 0 Å². The molecular formula is C17H30. The van der Waals surface area contributed by atoms with Gasteiger partial charge in [0, 0.05) is 0 Å². The first-order valence-corrected chi connectivity index (χ1v) is 7.71. The lowest BCUT2D eigenvalue weighted by Gasteiger charge is -2.08. The highest BCUT2D eigenvalue weighted by Crippen LogP contribution is 2.15. The van der Waals surface area contributed by atoms with Gasteiger partial charge in [0.05, 0.1) is 0 Å². The minimum absolute atomic E-state index is 0.838. The van der Waals surface area contributed by atoms with Gasteiger partial charge in [0.2, 0.25) is 0 Å². The maximum atomic E-state index is 2.36. The maximum absolute atomic E-state index is 2.36. The fourth-order valence-electron chi connectivity index (χ4n) is 2.44. The van der Waals surface area contributed by atoms with Crippen molar-refractivity contribution < 1.29 is 0 Å². The molecule has 0 N–H and O–H groups in total. The van der Waals surface area contributed by atoms with Crippen LogP contribution in [0.1, 0.15) is 77.6 Å². The van der Waals surface area contributed by atoms with Gasteiger partial charge in [0.1, 0.15) is 0 Å². The summed E-state index contributed by atoms with van der Waals surface area (Å²) in [4.78, 5) is 0. The molecule has 0 fully saturated rings. The molecule has 1 atom stereocenters. The highest BCUT2D eigenvalue weighted by Gasteiger charge is 1.98. The first-order valence-electron chi connectivity index (χ1n) is 7.71. The van der Waals surface area contributed by atoms with E-state index in [-0.39, 0.29) is 0 Å². The first-order chi connectivity index (χ1) is 8.39. The second-order valence-electron chi connectivity index (χ2n) is 5.51. The van der Waals surface area contributed by atoms with Crippen molar-refractivity contribution in [1.82, 2.24) is 0 Å². The van der Waals surface area contributed by atoms with Crippen molar-refractivity contribution in [3.8, 4) is 0 Å². The third kappa shape index (κ3) is 9.21. The van der Waals surface area contributed by atoms with E-state index in [0.717, 1.165) is 5.92 Å². The molecule has 17 heavy (non-hydrogen) atoms. The molecule has 2 aliphatic rings. The summed E-state index contributed by atoms with van der Waals surface area (Å²) >= 11 is 0. The molecule has 98 valence electrons. The highest BCUT2D eigenvalue weighted by atomic mass is 14.0. The van der Waals surface area contributed by atoms with Gasteiger partial charge in [-0.3, -0.25) is 0 Å². The molecule has 0 aromatic rings. The van der Waals surface area contributed by atoms with Crippen LogP contribution in [0.25, 0.3) is 0 Å². The summed E-state index contributed by atoms with van der Waals surface area (Å²) in [7, 11) is 0. The smallest absolute Gasteiger partial charge is 0.0262 e. The van der Waals surface area contributed by atoms with E-state index in [0.29, 0.717) is 0 Å². The summed E-state index contributed by atoms with van der Waals surface area (Å²) in [5, 5.41) is 0. The second kappa shape index (κ2) is 10.6. The third-order valence-electron chi connectivity index (χ3n) is 3.65. The van der Waals surface area contributed by atoms with Crippen molar-refractivity contribution in [3.63, 3.8) is 0 Å². The molecule has 0 aromatic heterocycles.